The molecule has 19 heavy (non-hydrogen) atoms. The number of rotatable bonds is 4. The van der Waals surface area contributed by atoms with E-state index in [9.17, 15) is 9.59 Å². The summed E-state index contributed by atoms with van der Waals surface area (Å²) in [4.78, 5) is 25.2. The van der Waals surface area contributed by atoms with Crippen molar-refractivity contribution in [3.05, 3.63) is 12.2 Å². The Balaban J connectivity index is 1.80. The van der Waals surface area contributed by atoms with Crippen LogP contribution in [0.25, 0.3) is 0 Å². The minimum Gasteiger partial charge on any atom is -0.469 e. The summed E-state index contributed by atoms with van der Waals surface area (Å²) in [7, 11) is 1.36. The maximum atomic E-state index is 12.2. The minimum absolute atomic E-state index is 0.162. The van der Waals surface area contributed by atoms with E-state index in [2.05, 4.69) is 16.9 Å². The molecular formula is C14H21NO4. The van der Waals surface area contributed by atoms with Gasteiger partial charge in [0.15, 0.2) is 0 Å². The molecule has 2 atom stereocenters. The normalized spacial score (nSPS) is 26.5. The Morgan fingerprint density at radius 3 is 2.95 bits per heavy atom. The van der Waals surface area contributed by atoms with E-state index in [4.69, 9.17) is 4.74 Å². The van der Waals surface area contributed by atoms with Crippen LogP contribution in [0.5, 0.6) is 0 Å². The van der Waals surface area contributed by atoms with E-state index in [1.165, 1.54) is 7.11 Å². The number of ether oxygens (including phenoxy) is 2. The Morgan fingerprint density at radius 2 is 2.26 bits per heavy atom. The topological polar surface area (TPSA) is 55.8 Å². The summed E-state index contributed by atoms with van der Waals surface area (Å²) >= 11 is 0. The van der Waals surface area contributed by atoms with Crippen LogP contribution in [-0.4, -0.2) is 49.7 Å². The molecule has 2 unspecified atom stereocenters. The number of carbonyl (C=O) groups excluding carboxylic acids is 2. The molecule has 2 rings (SSSR count). The summed E-state index contributed by atoms with van der Waals surface area (Å²) in [5.74, 6) is 0.252. The predicted molar refractivity (Wildman–Crippen MR) is 69.4 cm³/mol. The summed E-state index contributed by atoms with van der Waals surface area (Å²) in [5.41, 5.74) is 0. The van der Waals surface area contributed by atoms with E-state index in [-0.39, 0.29) is 24.4 Å². The number of allylic oxidation sites excluding steroid dienone is 2. The van der Waals surface area contributed by atoms with Gasteiger partial charge in [-0.1, -0.05) is 12.2 Å². The molecule has 5 nitrogen and oxygen atoms in total. The molecule has 1 fully saturated rings. The third kappa shape index (κ3) is 4.06. The first kappa shape index (κ1) is 14.1. The van der Waals surface area contributed by atoms with E-state index in [0.717, 1.165) is 12.8 Å². The minimum atomic E-state index is -0.293. The highest BCUT2D eigenvalue weighted by molar-refractivity contribution is 5.77. The average molecular weight is 267 g/mol. The molecule has 1 aliphatic carbocycles. The molecule has 0 radical (unpaired) electrons. The standard InChI is InChI=1S/C14H21NO4/c1-18-14(17)9-12-10-15(6-7-19-12)13(16)8-11-4-2-3-5-11/h2,4,11-12H,3,5-10H2,1H3. The number of morpholine rings is 1. The van der Waals surface area contributed by atoms with Crippen molar-refractivity contribution in [3.63, 3.8) is 0 Å². The smallest absolute Gasteiger partial charge is 0.308 e. The second-order valence-corrected chi connectivity index (χ2v) is 5.08. The molecule has 2 aliphatic rings. The summed E-state index contributed by atoms with van der Waals surface area (Å²) in [6, 6.07) is 0. The van der Waals surface area contributed by atoms with Crippen molar-refractivity contribution in [2.75, 3.05) is 26.8 Å². The lowest BCUT2D eigenvalue weighted by Crippen LogP contribution is -2.46. The average Bonchev–Trinajstić information content (AvgIpc) is 2.91. The van der Waals surface area contributed by atoms with Crippen molar-refractivity contribution < 1.29 is 19.1 Å². The largest absolute Gasteiger partial charge is 0.469 e. The number of nitrogens with zero attached hydrogens (tertiary/aromatic N) is 1. The third-order valence-corrected chi connectivity index (χ3v) is 3.66. The van der Waals surface area contributed by atoms with Gasteiger partial charge in [0.05, 0.1) is 26.2 Å². The van der Waals surface area contributed by atoms with Gasteiger partial charge in [0.2, 0.25) is 5.91 Å². The zero-order valence-electron chi connectivity index (χ0n) is 11.3. The van der Waals surface area contributed by atoms with Crippen molar-refractivity contribution in [2.45, 2.75) is 31.8 Å². The Bertz CT molecular complexity index is 366. The van der Waals surface area contributed by atoms with Gasteiger partial charge in [-0.05, 0) is 18.8 Å². The van der Waals surface area contributed by atoms with Crippen LogP contribution in [0.3, 0.4) is 0 Å². The zero-order valence-corrected chi connectivity index (χ0v) is 11.3. The van der Waals surface area contributed by atoms with Crippen LogP contribution in [0, 0.1) is 5.92 Å². The third-order valence-electron chi connectivity index (χ3n) is 3.66. The highest BCUT2D eigenvalue weighted by Gasteiger charge is 2.27. The summed E-state index contributed by atoms with van der Waals surface area (Å²) in [6.07, 6.45) is 6.96. The van der Waals surface area contributed by atoms with Crippen molar-refractivity contribution in [1.29, 1.82) is 0 Å². The SMILES string of the molecule is COC(=O)CC1CN(C(=O)CC2C=CCC2)CCO1. The molecule has 1 amide bonds. The van der Waals surface area contributed by atoms with E-state index in [0.29, 0.717) is 32.0 Å². The van der Waals surface area contributed by atoms with Gasteiger partial charge < -0.3 is 14.4 Å². The molecule has 0 saturated carbocycles. The fourth-order valence-electron chi connectivity index (χ4n) is 2.56. The van der Waals surface area contributed by atoms with Gasteiger partial charge in [-0.2, -0.15) is 0 Å². The van der Waals surface area contributed by atoms with Crippen LogP contribution in [0.4, 0.5) is 0 Å². The second-order valence-electron chi connectivity index (χ2n) is 5.08. The van der Waals surface area contributed by atoms with E-state index < -0.39 is 0 Å². The number of amides is 1. The monoisotopic (exact) mass is 267 g/mol. The van der Waals surface area contributed by atoms with E-state index in [1.54, 1.807) is 0 Å². The fraction of sp³-hybridized carbons (Fsp3) is 0.714. The predicted octanol–water partition coefficient (Wildman–Crippen LogP) is 1.13. The lowest BCUT2D eigenvalue weighted by atomic mass is 10.0. The van der Waals surface area contributed by atoms with Gasteiger partial charge in [0.1, 0.15) is 0 Å². The van der Waals surface area contributed by atoms with Crippen LogP contribution in [0.2, 0.25) is 0 Å². The lowest BCUT2D eigenvalue weighted by molar-refractivity contribution is -0.150. The molecule has 0 spiro atoms. The number of esters is 1. The van der Waals surface area contributed by atoms with Gasteiger partial charge in [-0.25, -0.2) is 0 Å². The maximum Gasteiger partial charge on any atom is 0.308 e. The molecule has 0 bridgehead atoms. The lowest BCUT2D eigenvalue weighted by Gasteiger charge is -2.33. The highest BCUT2D eigenvalue weighted by atomic mass is 16.5. The number of carbonyl (C=O) groups is 2. The van der Waals surface area contributed by atoms with Crippen molar-refractivity contribution in [3.8, 4) is 0 Å². The second kappa shape index (κ2) is 6.70. The molecule has 0 N–H and O–H groups in total. The molecule has 1 aliphatic heterocycles. The molecule has 1 saturated heterocycles. The van der Waals surface area contributed by atoms with Gasteiger partial charge in [0, 0.05) is 19.5 Å². The van der Waals surface area contributed by atoms with Crippen LogP contribution in [0.1, 0.15) is 25.7 Å². The Morgan fingerprint density at radius 1 is 1.42 bits per heavy atom. The fourth-order valence-corrected chi connectivity index (χ4v) is 2.56. The summed E-state index contributed by atoms with van der Waals surface area (Å²) < 4.78 is 10.1. The van der Waals surface area contributed by atoms with Gasteiger partial charge in [-0.3, -0.25) is 9.59 Å². The highest BCUT2D eigenvalue weighted by Crippen LogP contribution is 2.22. The molecule has 5 heteroatoms. The molecule has 0 aromatic carbocycles. The first-order chi connectivity index (χ1) is 9.19. The Hall–Kier alpha value is -1.36. The van der Waals surface area contributed by atoms with Gasteiger partial charge in [0.25, 0.3) is 0 Å². The molecule has 0 aromatic rings. The first-order valence-electron chi connectivity index (χ1n) is 6.82. The summed E-state index contributed by atoms with van der Waals surface area (Å²) in [6.45, 7) is 1.60. The summed E-state index contributed by atoms with van der Waals surface area (Å²) in [5, 5.41) is 0. The molecule has 1 heterocycles. The molecular weight excluding hydrogens is 246 g/mol. The first-order valence-corrected chi connectivity index (χ1v) is 6.82. The van der Waals surface area contributed by atoms with Gasteiger partial charge in [-0.15, -0.1) is 0 Å². The van der Waals surface area contributed by atoms with Crippen molar-refractivity contribution in [2.24, 2.45) is 5.92 Å². The van der Waals surface area contributed by atoms with Crippen LogP contribution >= 0.6 is 0 Å². The Kier molecular flexibility index (Phi) is 4.96. The van der Waals surface area contributed by atoms with Crippen LogP contribution < -0.4 is 0 Å². The number of hydrogen-bond donors (Lipinski definition) is 0. The maximum absolute atomic E-state index is 12.2. The van der Waals surface area contributed by atoms with Crippen LogP contribution in [-0.2, 0) is 19.1 Å². The number of methoxy groups -OCH3 is 1. The molecule has 0 aromatic heterocycles. The quantitative estimate of drug-likeness (QED) is 0.566. The van der Waals surface area contributed by atoms with Crippen molar-refractivity contribution >= 4 is 11.9 Å². The molecule has 106 valence electrons. The Labute approximate surface area is 113 Å². The van der Waals surface area contributed by atoms with E-state index in [1.807, 2.05) is 4.90 Å². The zero-order chi connectivity index (χ0) is 13.7. The van der Waals surface area contributed by atoms with Crippen LogP contribution in [0.15, 0.2) is 12.2 Å². The van der Waals surface area contributed by atoms with E-state index >= 15 is 0 Å². The van der Waals surface area contributed by atoms with Crippen molar-refractivity contribution in [1.82, 2.24) is 4.90 Å². The van der Waals surface area contributed by atoms with Gasteiger partial charge >= 0.3 is 5.97 Å². The number of hydrogen-bond acceptors (Lipinski definition) is 4.